The maximum absolute atomic E-state index is 4.66. The lowest BCUT2D eigenvalue weighted by molar-refractivity contribution is 0.812. The molecule has 3 rings (SSSR count). The van der Waals surface area contributed by atoms with E-state index < -0.39 is 0 Å². The number of benzene rings is 1. The molecule has 0 fully saturated rings. The molecule has 142 valence electrons. The second-order valence-electron chi connectivity index (χ2n) is 5.97. The van der Waals surface area contributed by atoms with Crippen molar-refractivity contribution in [3.05, 3.63) is 78.0 Å². The maximum Gasteiger partial charge on any atom is 0.191 e. The number of aromatic nitrogens is 3. The molecule has 0 saturated carbocycles. The van der Waals surface area contributed by atoms with Crippen LogP contribution in [0.2, 0.25) is 0 Å². The first-order chi connectivity index (χ1) is 12.8. The molecule has 7 heteroatoms. The largest absolute Gasteiger partial charge is 0.357 e. The molecule has 0 atom stereocenters. The van der Waals surface area contributed by atoms with E-state index >= 15 is 0 Å². The Morgan fingerprint density at radius 1 is 1.15 bits per heavy atom. The fourth-order valence-corrected chi connectivity index (χ4v) is 2.56. The molecular formula is C20H25IN6. The first-order valence-corrected chi connectivity index (χ1v) is 8.76. The number of pyridine rings is 1. The summed E-state index contributed by atoms with van der Waals surface area (Å²) in [6.07, 6.45) is 7.20. The number of guanidine groups is 1. The summed E-state index contributed by atoms with van der Waals surface area (Å²) in [5, 5.41) is 6.67. The molecule has 0 radical (unpaired) electrons. The van der Waals surface area contributed by atoms with Crippen LogP contribution in [0.15, 0.2) is 66.3 Å². The Bertz CT molecular complexity index is 843. The summed E-state index contributed by atoms with van der Waals surface area (Å²) in [7, 11) is 0. The Kier molecular flexibility index (Phi) is 8.25. The number of nitrogens with one attached hydrogen (secondary N) is 2. The highest BCUT2D eigenvalue weighted by Gasteiger charge is 2.02. The molecular weight excluding hydrogens is 451 g/mol. The number of aliphatic imine (C=N–C) groups is 1. The monoisotopic (exact) mass is 476 g/mol. The molecule has 1 aromatic carbocycles. The van der Waals surface area contributed by atoms with Crippen LogP contribution < -0.4 is 10.6 Å². The highest BCUT2D eigenvalue weighted by molar-refractivity contribution is 14.0. The van der Waals surface area contributed by atoms with Crippen molar-refractivity contribution in [1.82, 2.24) is 25.2 Å². The van der Waals surface area contributed by atoms with E-state index in [4.69, 9.17) is 0 Å². The molecule has 2 aromatic heterocycles. The Hall–Kier alpha value is -2.42. The van der Waals surface area contributed by atoms with Crippen molar-refractivity contribution in [1.29, 1.82) is 0 Å². The molecule has 0 bridgehead atoms. The van der Waals surface area contributed by atoms with E-state index in [9.17, 15) is 0 Å². The Morgan fingerprint density at radius 2 is 2.00 bits per heavy atom. The van der Waals surface area contributed by atoms with Crippen molar-refractivity contribution < 1.29 is 0 Å². The number of nitrogens with zero attached hydrogens (tertiary/aromatic N) is 4. The molecule has 2 heterocycles. The first-order valence-electron chi connectivity index (χ1n) is 8.76. The average molecular weight is 476 g/mol. The predicted octanol–water partition coefficient (Wildman–Crippen LogP) is 3.45. The summed E-state index contributed by atoms with van der Waals surface area (Å²) in [6, 6.07) is 12.4. The van der Waals surface area contributed by atoms with Gasteiger partial charge in [-0.1, -0.05) is 30.3 Å². The van der Waals surface area contributed by atoms with E-state index in [-0.39, 0.29) is 24.0 Å². The van der Waals surface area contributed by atoms with Gasteiger partial charge in [0.1, 0.15) is 12.1 Å². The Balaban J connectivity index is 0.00000261. The number of rotatable bonds is 6. The smallest absolute Gasteiger partial charge is 0.191 e. The topological polar surface area (TPSA) is 67.1 Å². The summed E-state index contributed by atoms with van der Waals surface area (Å²) >= 11 is 0. The number of imidazole rings is 1. The highest BCUT2D eigenvalue weighted by Crippen LogP contribution is 2.07. The highest BCUT2D eigenvalue weighted by atomic mass is 127. The van der Waals surface area contributed by atoms with Crippen molar-refractivity contribution >= 4 is 29.9 Å². The van der Waals surface area contributed by atoms with Gasteiger partial charge in [-0.15, -0.1) is 24.0 Å². The van der Waals surface area contributed by atoms with Gasteiger partial charge >= 0.3 is 0 Å². The van der Waals surface area contributed by atoms with Crippen LogP contribution in [0, 0.1) is 6.92 Å². The van der Waals surface area contributed by atoms with Gasteiger partial charge in [0, 0.05) is 31.7 Å². The van der Waals surface area contributed by atoms with Crippen LogP contribution in [-0.2, 0) is 13.1 Å². The molecule has 0 spiro atoms. The third kappa shape index (κ3) is 6.06. The van der Waals surface area contributed by atoms with Gasteiger partial charge in [-0.3, -0.25) is 4.57 Å². The summed E-state index contributed by atoms with van der Waals surface area (Å²) < 4.78 is 1.88. The van der Waals surface area contributed by atoms with Crippen LogP contribution in [0.1, 0.15) is 23.6 Å². The minimum absolute atomic E-state index is 0. The molecule has 6 nitrogen and oxygen atoms in total. The lowest BCUT2D eigenvalue weighted by Crippen LogP contribution is -2.36. The Morgan fingerprint density at radius 3 is 2.67 bits per heavy atom. The minimum Gasteiger partial charge on any atom is -0.357 e. The van der Waals surface area contributed by atoms with Crippen LogP contribution in [-0.4, -0.2) is 27.0 Å². The van der Waals surface area contributed by atoms with E-state index in [1.165, 1.54) is 11.1 Å². The number of halogens is 1. The van der Waals surface area contributed by atoms with Gasteiger partial charge in [-0.2, -0.15) is 0 Å². The summed E-state index contributed by atoms with van der Waals surface area (Å²) in [6.45, 7) is 6.31. The van der Waals surface area contributed by atoms with E-state index in [0.29, 0.717) is 6.54 Å². The standard InChI is InChI=1S/C20H24N6.HI/c1-3-22-20(25-14-18-7-5-4-6-16(18)2)24-13-17-8-9-19(23-12-17)26-11-10-21-15-26;/h4-12,15H,3,13-14H2,1-2H3,(H2,22,24,25);1H. The van der Waals surface area contributed by atoms with Crippen LogP contribution in [0.3, 0.4) is 0 Å². The van der Waals surface area contributed by atoms with Crippen molar-refractivity contribution in [2.45, 2.75) is 26.9 Å². The fourth-order valence-electron chi connectivity index (χ4n) is 2.56. The lowest BCUT2D eigenvalue weighted by Gasteiger charge is -2.12. The molecule has 0 aliphatic carbocycles. The zero-order chi connectivity index (χ0) is 18.2. The van der Waals surface area contributed by atoms with Gasteiger partial charge in [0.15, 0.2) is 5.96 Å². The van der Waals surface area contributed by atoms with Gasteiger partial charge in [0.2, 0.25) is 0 Å². The maximum atomic E-state index is 4.66. The first kappa shape index (κ1) is 20.9. The lowest BCUT2D eigenvalue weighted by atomic mass is 10.1. The molecule has 0 amide bonds. The second kappa shape index (κ2) is 10.7. The van der Waals surface area contributed by atoms with Crippen molar-refractivity contribution in [3.63, 3.8) is 0 Å². The summed E-state index contributed by atoms with van der Waals surface area (Å²) in [5.41, 5.74) is 3.60. The van der Waals surface area contributed by atoms with Gasteiger partial charge in [-0.25, -0.2) is 15.0 Å². The molecule has 0 saturated heterocycles. The number of hydrogen-bond donors (Lipinski definition) is 2. The fraction of sp³-hybridized carbons (Fsp3) is 0.250. The van der Waals surface area contributed by atoms with Crippen LogP contribution in [0.4, 0.5) is 0 Å². The quantitative estimate of drug-likeness (QED) is 0.325. The van der Waals surface area contributed by atoms with Gasteiger partial charge in [0.25, 0.3) is 0 Å². The van der Waals surface area contributed by atoms with Crippen LogP contribution in [0.5, 0.6) is 0 Å². The number of hydrogen-bond acceptors (Lipinski definition) is 3. The van der Waals surface area contributed by atoms with Crippen molar-refractivity contribution in [2.24, 2.45) is 4.99 Å². The van der Waals surface area contributed by atoms with Crippen molar-refractivity contribution in [2.75, 3.05) is 6.54 Å². The molecule has 0 aliphatic heterocycles. The number of aryl methyl sites for hydroxylation is 1. The minimum atomic E-state index is 0. The molecule has 0 unspecified atom stereocenters. The van der Waals surface area contributed by atoms with Crippen LogP contribution in [0.25, 0.3) is 5.82 Å². The summed E-state index contributed by atoms with van der Waals surface area (Å²) in [5.74, 6) is 1.65. The zero-order valence-corrected chi connectivity index (χ0v) is 17.9. The third-order valence-electron chi connectivity index (χ3n) is 4.05. The SMILES string of the molecule is CCNC(=NCc1ccc(-n2ccnc2)nc1)NCc1ccccc1C.I. The van der Waals surface area contributed by atoms with E-state index in [1.807, 2.05) is 29.1 Å². The van der Waals surface area contributed by atoms with E-state index in [0.717, 1.165) is 30.4 Å². The summed E-state index contributed by atoms with van der Waals surface area (Å²) in [4.78, 5) is 13.2. The second-order valence-corrected chi connectivity index (χ2v) is 5.97. The van der Waals surface area contributed by atoms with E-state index in [1.54, 1.807) is 12.5 Å². The predicted molar refractivity (Wildman–Crippen MR) is 120 cm³/mol. The molecule has 2 N–H and O–H groups in total. The van der Waals surface area contributed by atoms with Gasteiger partial charge < -0.3 is 10.6 Å². The van der Waals surface area contributed by atoms with E-state index in [2.05, 4.69) is 63.7 Å². The van der Waals surface area contributed by atoms with Gasteiger partial charge in [-0.05, 0) is 36.6 Å². The van der Waals surface area contributed by atoms with Crippen molar-refractivity contribution in [3.8, 4) is 5.82 Å². The third-order valence-corrected chi connectivity index (χ3v) is 4.05. The molecule has 3 aromatic rings. The van der Waals surface area contributed by atoms with Crippen LogP contribution >= 0.6 is 24.0 Å². The molecule has 0 aliphatic rings. The zero-order valence-electron chi connectivity index (χ0n) is 15.6. The normalized spacial score (nSPS) is 11.0. The van der Waals surface area contributed by atoms with Gasteiger partial charge in [0.05, 0.1) is 6.54 Å². The average Bonchev–Trinajstić information content (AvgIpc) is 3.20. The Labute approximate surface area is 177 Å². The molecule has 27 heavy (non-hydrogen) atoms.